The second kappa shape index (κ2) is 6.41. The number of carbonyl (C=O) groups excluding carboxylic acids is 1. The van der Waals surface area contributed by atoms with Gasteiger partial charge in [0.2, 0.25) is 6.29 Å². The number of nitrogens with one attached hydrogen (secondary N) is 1. The fraction of sp³-hybridized carbons (Fsp3) is 0.810. The molecular weight excluding hydrogens is 376 g/mol. The second-order valence-electron chi connectivity index (χ2n) is 9.72. The van der Waals surface area contributed by atoms with Gasteiger partial charge in [0, 0.05) is 18.4 Å². The van der Waals surface area contributed by atoms with Crippen molar-refractivity contribution in [2.45, 2.75) is 81.6 Å². The molecule has 2 unspecified atom stereocenters. The van der Waals surface area contributed by atoms with Crippen LogP contribution in [0.4, 0.5) is 0 Å². The first kappa shape index (κ1) is 17.7. The van der Waals surface area contributed by atoms with Gasteiger partial charge in [-0.05, 0) is 69.1 Å². The molecule has 5 saturated carbocycles. The van der Waals surface area contributed by atoms with E-state index in [9.17, 15) is 9.90 Å². The van der Waals surface area contributed by atoms with Gasteiger partial charge in [0.15, 0.2) is 0 Å². The summed E-state index contributed by atoms with van der Waals surface area (Å²) in [6.45, 7) is 0.733. The molecule has 2 N–H and O–H groups in total. The highest BCUT2D eigenvalue weighted by molar-refractivity contribution is 7.15. The molecule has 6 nitrogen and oxygen atoms in total. The molecular formula is C21H28N2O4S. The van der Waals surface area contributed by atoms with Crippen LogP contribution in [0.1, 0.15) is 79.1 Å². The molecule has 1 saturated heterocycles. The molecule has 3 atom stereocenters. The Balaban J connectivity index is 1.20. The van der Waals surface area contributed by atoms with E-state index in [0.717, 1.165) is 75.0 Å². The van der Waals surface area contributed by atoms with Crippen molar-refractivity contribution in [3.05, 3.63) is 10.6 Å². The predicted molar refractivity (Wildman–Crippen MR) is 103 cm³/mol. The smallest absolute Gasteiger partial charge is 0.276 e. The zero-order chi connectivity index (χ0) is 18.9. The van der Waals surface area contributed by atoms with Crippen molar-refractivity contribution < 1.29 is 19.4 Å². The Morgan fingerprint density at radius 2 is 2.00 bits per heavy atom. The Kier molecular flexibility index (Phi) is 4.04. The third-order valence-corrected chi connectivity index (χ3v) is 8.42. The molecule has 1 aromatic heterocycles. The van der Waals surface area contributed by atoms with Gasteiger partial charge in [0.1, 0.15) is 4.88 Å². The molecule has 152 valence electrons. The van der Waals surface area contributed by atoms with E-state index in [1.807, 2.05) is 0 Å². The van der Waals surface area contributed by atoms with Crippen molar-refractivity contribution >= 4 is 17.2 Å². The normalized spacial score (nSPS) is 41.4. The third kappa shape index (κ3) is 3.06. The molecule has 6 aliphatic rings. The molecule has 0 aromatic carbocycles. The molecule has 1 amide bonds. The number of rotatable bonds is 5. The SMILES string of the molecule is O=C(NC1C2CC3CC1CC(O)(C3)C2)c1sc(O[C@@H]2CCCO2)nc1C1CC1. The summed E-state index contributed by atoms with van der Waals surface area (Å²) in [5.41, 5.74) is 0.446. The average molecular weight is 405 g/mol. The highest BCUT2D eigenvalue weighted by Crippen LogP contribution is 2.55. The van der Waals surface area contributed by atoms with Crippen LogP contribution in [0.2, 0.25) is 0 Å². The molecule has 0 radical (unpaired) electrons. The first-order valence-electron chi connectivity index (χ1n) is 10.9. The molecule has 0 spiro atoms. The maximum Gasteiger partial charge on any atom is 0.276 e. The van der Waals surface area contributed by atoms with Gasteiger partial charge < -0.3 is 19.9 Å². The highest BCUT2D eigenvalue weighted by Gasteiger charge is 2.55. The van der Waals surface area contributed by atoms with E-state index in [2.05, 4.69) is 10.3 Å². The van der Waals surface area contributed by atoms with E-state index in [1.165, 1.54) is 11.3 Å². The molecule has 1 aliphatic heterocycles. The van der Waals surface area contributed by atoms with Crippen LogP contribution in [0.25, 0.3) is 0 Å². The van der Waals surface area contributed by atoms with Crippen LogP contribution in [-0.4, -0.2) is 40.5 Å². The summed E-state index contributed by atoms with van der Waals surface area (Å²) in [5, 5.41) is 14.7. The van der Waals surface area contributed by atoms with Crippen molar-refractivity contribution in [2.24, 2.45) is 17.8 Å². The number of carbonyl (C=O) groups is 1. The Morgan fingerprint density at radius 1 is 1.21 bits per heavy atom. The molecule has 28 heavy (non-hydrogen) atoms. The molecule has 7 heteroatoms. The number of aromatic nitrogens is 1. The van der Waals surface area contributed by atoms with Crippen LogP contribution in [0.15, 0.2) is 0 Å². The van der Waals surface area contributed by atoms with Crippen molar-refractivity contribution in [1.29, 1.82) is 0 Å². The minimum Gasteiger partial charge on any atom is -0.440 e. The number of hydrogen-bond acceptors (Lipinski definition) is 6. The van der Waals surface area contributed by atoms with Crippen molar-refractivity contribution in [3.8, 4) is 5.19 Å². The zero-order valence-electron chi connectivity index (χ0n) is 16.1. The van der Waals surface area contributed by atoms with Gasteiger partial charge in [-0.2, -0.15) is 0 Å². The van der Waals surface area contributed by atoms with Gasteiger partial charge in [-0.3, -0.25) is 4.79 Å². The van der Waals surface area contributed by atoms with E-state index in [-0.39, 0.29) is 18.2 Å². The second-order valence-corrected chi connectivity index (χ2v) is 10.7. The molecule has 5 aliphatic carbocycles. The van der Waals surface area contributed by atoms with Crippen LogP contribution in [0, 0.1) is 17.8 Å². The monoisotopic (exact) mass is 404 g/mol. The number of nitrogens with zero attached hydrogens (tertiary/aromatic N) is 1. The van der Waals surface area contributed by atoms with Crippen LogP contribution in [0.3, 0.4) is 0 Å². The van der Waals surface area contributed by atoms with Gasteiger partial charge in [-0.25, -0.2) is 4.98 Å². The number of aliphatic hydroxyl groups is 1. The molecule has 7 rings (SSSR count). The minimum absolute atomic E-state index is 0.00561. The predicted octanol–water partition coefficient (Wildman–Crippen LogP) is 3.21. The molecule has 6 fully saturated rings. The maximum absolute atomic E-state index is 13.2. The maximum atomic E-state index is 13.2. The number of ether oxygens (including phenoxy) is 2. The van der Waals surface area contributed by atoms with E-state index in [4.69, 9.17) is 9.47 Å². The van der Waals surface area contributed by atoms with E-state index >= 15 is 0 Å². The quantitative estimate of drug-likeness (QED) is 0.788. The van der Waals surface area contributed by atoms with Gasteiger partial charge in [0.05, 0.1) is 17.9 Å². The van der Waals surface area contributed by atoms with Gasteiger partial charge in [-0.1, -0.05) is 11.3 Å². The summed E-state index contributed by atoms with van der Waals surface area (Å²) >= 11 is 1.37. The largest absolute Gasteiger partial charge is 0.440 e. The lowest BCUT2D eigenvalue weighted by molar-refractivity contribution is -0.136. The number of hydrogen-bond donors (Lipinski definition) is 2. The lowest BCUT2D eigenvalue weighted by Crippen LogP contribution is -2.61. The minimum atomic E-state index is -0.469. The average Bonchev–Trinajstić information content (AvgIpc) is 3.19. The first-order valence-corrected chi connectivity index (χ1v) is 11.7. The van der Waals surface area contributed by atoms with E-state index in [1.54, 1.807) is 0 Å². The zero-order valence-corrected chi connectivity index (χ0v) is 16.9. The number of amides is 1. The summed E-state index contributed by atoms with van der Waals surface area (Å²) in [6.07, 6.45) is 8.83. The van der Waals surface area contributed by atoms with Gasteiger partial charge >= 0.3 is 0 Å². The third-order valence-electron chi connectivity index (χ3n) is 7.46. The van der Waals surface area contributed by atoms with Crippen LogP contribution in [0.5, 0.6) is 5.19 Å². The Morgan fingerprint density at radius 3 is 2.64 bits per heavy atom. The van der Waals surface area contributed by atoms with Crippen molar-refractivity contribution in [3.63, 3.8) is 0 Å². The van der Waals surface area contributed by atoms with Gasteiger partial charge in [0.25, 0.3) is 11.1 Å². The van der Waals surface area contributed by atoms with Crippen LogP contribution >= 0.6 is 11.3 Å². The Bertz CT molecular complexity index is 769. The van der Waals surface area contributed by atoms with Crippen molar-refractivity contribution in [1.82, 2.24) is 10.3 Å². The number of thiazole rings is 1. The van der Waals surface area contributed by atoms with Gasteiger partial charge in [-0.15, -0.1) is 0 Å². The Labute approximate surface area is 169 Å². The summed E-state index contributed by atoms with van der Waals surface area (Å²) in [6, 6.07) is 0.195. The summed E-state index contributed by atoms with van der Waals surface area (Å²) in [5.74, 6) is 1.89. The van der Waals surface area contributed by atoms with Crippen LogP contribution < -0.4 is 10.1 Å². The lowest BCUT2D eigenvalue weighted by Gasteiger charge is -2.58. The first-order chi connectivity index (χ1) is 13.6. The summed E-state index contributed by atoms with van der Waals surface area (Å²) in [7, 11) is 0. The molecule has 4 bridgehead atoms. The van der Waals surface area contributed by atoms with Crippen LogP contribution in [-0.2, 0) is 4.74 Å². The summed E-state index contributed by atoms with van der Waals surface area (Å²) in [4.78, 5) is 18.6. The standard InChI is InChI=1S/C21H28N2O4S/c24-19(22-16-13-6-11-7-14(16)10-21(25,8-11)9-13)18-17(12-3-4-12)23-20(28-18)27-15-2-1-5-26-15/h11-16,25H,1-10H2,(H,22,24)/t11?,13?,14?,15-,16?,21?/m1/s1. The molecule has 1 aromatic rings. The lowest BCUT2D eigenvalue weighted by atomic mass is 9.52. The Hall–Kier alpha value is -1.18. The van der Waals surface area contributed by atoms with E-state index in [0.29, 0.717) is 28.9 Å². The topological polar surface area (TPSA) is 80.7 Å². The van der Waals surface area contributed by atoms with Crippen molar-refractivity contribution in [2.75, 3.05) is 6.61 Å². The summed E-state index contributed by atoms with van der Waals surface area (Å²) < 4.78 is 11.5. The fourth-order valence-corrected chi connectivity index (χ4v) is 7.29. The fourth-order valence-electron chi connectivity index (χ4n) is 6.35. The highest BCUT2D eigenvalue weighted by atomic mass is 32.1. The molecule has 2 heterocycles. The van der Waals surface area contributed by atoms with E-state index < -0.39 is 5.60 Å².